The van der Waals surface area contributed by atoms with Crippen LogP contribution < -0.4 is 16.4 Å². The highest BCUT2D eigenvalue weighted by Crippen LogP contribution is 2.24. The van der Waals surface area contributed by atoms with E-state index in [1.807, 2.05) is 62.4 Å². The average molecular weight is 629 g/mol. The van der Waals surface area contributed by atoms with Crippen molar-refractivity contribution >= 4 is 45.6 Å². The van der Waals surface area contributed by atoms with Gasteiger partial charge in [-0.1, -0.05) is 63.1 Å². The van der Waals surface area contributed by atoms with Crippen LogP contribution >= 0.6 is 0 Å². The molecule has 11 nitrogen and oxygen atoms in total. The van der Waals surface area contributed by atoms with Crippen molar-refractivity contribution in [3.63, 3.8) is 0 Å². The van der Waals surface area contributed by atoms with E-state index in [0.717, 1.165) is 47.5 Å². The molecule has 6 N–H and O–H groups in total. The van der Waals surface area contributed by atoms with E-state index >= 15 is 0 Å². The molecular weight excluding hydrogens is 584 g/mol. The lowest BCUT2D eigenvalue weighted by atomic mass is 10.0. The van der Waals surface area contributed by atoms with E-state index < -0.39 is 30.0 Å². The second-order valence-electron chi connectivity index (χ2n) is 12.7. The van der Waals surface area contributed by atoms with Crippen LogP contribution in [0.5, 0.6) is 0 Å². The molecule has 0 bridgehead atoms. The maximum absolute atomic E-state index is 13.9. The van der Waals surface area contributed by atoms with Crippen LogP contribution in [-0.2, 0) is 22.4 Å². The van der Waals surface area contributed by atoms with E-state index in [2.05, 4.69) is 15.6 Å². The molecule has 0 aliphatic carbocycles. The first kappa shape index (κ1) is 32.7. The maximum Gasteiger partial charge on any atom is 0.326 e. The molecule has 4 aromatic rings. The van der Waals surface area contributed by atoms with Crippen molar-refractivity contribution < 1.29 is 24.3 Å². The number of hydrogen-bond donors (Lipinski definition) is 5. The third kappa shape index (κ3) is 7.59. The van der Waals surface area contributed by atoms with Crippen LogP contribution in [0.3, 0.4) is 0 Å². The Bertz CT molecular complexity index is 1700. The Balaban J connectivity index is 1.43. The van der Waals surface area contributed by atoms with Gasteiger partial charge in [0.2, 0.25) is 11.8 Å². The number of aromatic amines is 1. The molecule has 1 saturated heterocycles. The maximum atomic E-state index is 13.9. The average Bonchev–Trinajstić information content (AvgIpc) is 3.48. The molecule has 11 heteroatoms. The van der Waals surface area contributed by atoms with E-state index in [0.29, 0.717) is 30.6 Å². The summed E-state index contributed by atoms with van der Waals surface area (Å²) >= 11 is 0. The minimum absolute atomic E-state index is 0.0467. The van der Waals surface area contributed by atoms with E-state index in [-0.39, 0.29) is 30.7 Å². The number of para-hydroxylation sites is 2. The number of benzene rings is 2. The number of urea groups is 1. The van der Waals surface area contributed by atoms with Crippen molar-refractivity contribution in [2.24, 2.45) is 11.7 Å². The van der Waals surface area contributed by atoms with Crippen LogP contribution in [-0.4, -0.2) is 74.6 Å². The molecule has 1 aliphatic rings. The van der Waals surface area contributed by atoms with Crippen molar-refractivity contribution in [1.82, 2.24) is 25.1 Å². The van der Waals surface area contributed by atoms with Gasteiger partial charge in [-0.2, -0.15) is 0 Å². The number of amides is 3. The zero-order valence-corrected chi connectivity index (χ0v) is 26.5. The molecule has 0 saturated carbocycles. The summed E-state index contributed by atoms with van der Waals surface area (Å²) in [5.41, 5.74) is 9.23. The second kappa shape index (κ2) is 14.6. The largest absolute Gasteiger partial charge is 0.480 e. The Morgan fingerprint density at radius 1 is 0.870 bits per heavy atom. The summed E-state index contributed by atoms with van der Waals surface area (Å²) in [5, 5.41) is 17.4. The topological polar surface area (TPSA) is 163 Å². The number of hydrogen-bond acceptors (Lipinski definition) is 5. The zero-order valence-electron chi connectivity index (χ0n) is 26.5. The molecule has 2 aromatic heterocycles. The number of carboxylic acids is 1. The summed E-state index contributed by atoms with van der Waals surface area (Å²) in [5.74, 6) is -1.82. The minimum Gasteiger partial charge on any atom is -0.480 e. The number of nitrogens with two attached hydrogens (primary N) is 1. The number of likely N-dealkylation sites (tertiary alicyclic amines) is 1. The van der Waals surface area contributed by atoms with E-state index in [1.165, 1.54) is 4.57 Å². The summed E-state index contributed by atoms with van der Waals surface area (Å²) in [6, 6.07) is 11.5. The van der Waals surface area contributed by atoms with Crippen LogP contribution in [0.25, 0.3) is 21.8 Å². The normalized spacial score (nSPS) is 15.8. The molecule has 2 aromatic carbocycles. The Morgan fingerprint density at radius 3 is 2.22 bits per heavy atom. The Hall–Kier alpha value is -4.64. The number of nitrogens with one attached hydrogen (secondary N) is 3. The van der Waals surface area contributed by atoms with Gasteiger partial charge < -0.3 is 31.4 Å². The quantitative estimate of drug-likeness (QED) is 0.165. The highest BCUT2D eigenvalue weighted by atomic mass is 16.4. The predicted octanol–water partition coefficient (Wildman–Crippen LogP) is 4.45. The molecule has 5 rings (SSSR count). The van der Waals surface area contributed by atoms with Gasteiger partial charge in [-0.25, -0.2) is 9.59 Å². The molecule has 0 unspecified atom stereocenters. The lowest BCUT2D eigenvalue weighted by Gasteiger charge is -2.26. The van der Waals surface area contributed by atoms with Crippen molar-refractivity contribution in [1.29, 1.82) is 0 Å². The van der Waals surface area contributed by atoms with Crippen molar-refractivity contribution in [3.8, 4) is 0 Å². The summed E-state index contributed by atoms with van der Waals surface area (Å²) in [7, 11) is 0. The summed E-state index contributed by atoms with van der Waals surface area (Å²) in [6.07, 6.45) is 7.88. The number of carbonyl (C=O) groups excluding carboxylic acids is 3. The lowest BCUT2D eigenvalue weighted by molar-refractivity contribution is -0.142. The van der Waals surface area contributed by atoms with Gasteiger partial charge in [-0.05, 0) is 48.4 Å². The number of aliphatic carboxylic acids is 1. The molecule has 46 heavy (non-hydrogen) atoms. The summed E-state index contributed by atoms with van der Waals surface area (Å²) in [4.78, 5) is 58.1. The van der Waals surface area contributed by atoms with E-state index in [4.69, 9.17) is 5.73 Å². The van der Waals surface area contributed by atoms with Crippen LogP contribution in [0.15, 0.2) is 60.9 Å². The Labute approximate surface area is 268 Å². The smallest absolute Gasteiger partial charge is 0.326 e. The number of carbonyl (C=O) groups is 4. The van der Waals surface area contributed by atoms with Gasteiger partial charge in [0.1, 0.15) is 12.1 Å². The monoisotopic (exact) mass is 628 g/mol. The third-order valence-electron chi connectivity index (χ3n) is 8.72. The van der Waals surface area contributed by atoms with Crippen LogP contribution in [0, 0.1) is 5.92 Å². The fourth-order valence-electron chi connectivity index (χ4n) is 6.32. The van der Waals surface area contributed by atoms with Gasteiger partial charge >= 0.3 is 12.0 Å². The molecule has 3 amide bonds. The third-order valence-corrected chi connectivity index (χ3v) is 8.72. The number of fused-ring (bicyclic) bond motifs is 2. The van der Waals surface area contributed by atoms with Gasteiger partial charge in [0.15, 0.2) is 0 Å². The molecular formula is C35H44N6O5. The molecule has 1 aliphatic heterocycles. The molecule has 3 heterocycles. The van der Waals surface area contributed by atoms with Gasteiger partial charge in [-0.3, -0.25) is 14.2 Å². The first-order chi connectivity index (χ1) is 22.1. The molecule has 244 valence electrons. The number of H-pyrrole nitrogens is 1. The van der Waals surface area contributed by atoms with E-state index in [9.17, 15) is 24.3 Å². The van der Waals surface area contributed by atoms with Gasteiger partial charge in [0, 0.05) is 54.6 Å². The standard InChI is InChI=1S/C35H44N6O5/c1-22(2)17-27(36)33(43)41-21-24(26-12-6-8-14-31(26)41)19-29(39-35(46)40-15-9-3-4-10-16-40)32(42)38-30(34(44)45)18-23-20-37-28-13-7-5-11-25(23)28/h5-8,11-14,20-22,27,29-30,37H,3-4,9-10,15-19,36H2,1-2H3,(H,38,42)(H,39,46)(H,44,45)/t27-,29+,30+/m0/s1. The van der Waals surface area contributed by atoms with Crippen LogP contribution in [0.4, 0.5) is 4.79 Å². The second-order valence-corrected chi connectivity index (χ2v) is 12.7. The highest BCUT2D eigenvalue weighted by molar-refractivity contribution is 5.97. The van der Waals surface area contributed by atoms with Crippen molar-refractivity contribution in [2.45, 2.75) is 76.9 Å². The number of rotatable bonds is 11. The van der Waals surface area contributed by atoms with Crippen LogP contribution in [0.2, 0.25) is 0 Å². The van der Waals surface area contributed by atoms with Gasteiger partial charge in [0.25, 0.3) is 0 Å². The van der Waals surface area contributed by atoms with Crippen LogP contribution in [0.1, 0.15) is 61.9 Å². The number of nitrogens with zero attached hydrogens (tertiary/aromatic N) is 2. The number of carboxylic acid groups (broad SMARTS) is 1. The molecule has 0 radical (unpaired) electrons. The first-order valence-corrected chi connectivity index (χ1v) is 16.1. The zero-order chi connectivity index (χ0) is 32.8. The Morgan fingerprint density at radius 2 is 1.52 bits per heavy atom. The number of aromatic nitrogens is 2. The van der Waals surface area contributed by atoms with Crippen molar-refractivity contribution in [2.75, 3.05) is 13.1 Å². The SMILES string of the molecule is CC(C)C[C@H](N)C(=O)n1cc(C[C@@H](NC(=O)N2CCCCCC2)C(=O)N[C@H](Cc2c[nH]c3ccccc23)C(=O)O)c2ccccc21. The summed E-state index contributed by atoms with van der Waals surface area (Å²) in [6.45, 7) is 5.18. The Kier molecular flexibility index (Phi) is 10.4. The minimum atomic E-state index is -1.23. The molecule has 3 atom stereocenters. The fraction of sp³-hybridized carbons (Fsp3) is 0.429. The van der Waals surface area contributed by atoms with Gasteiger partial charge in [-0.15, -0.1) is 0 Å². The van der Waals surface area contributed by atoms with E-state index in [1.54, 1.807) is 17.3 Å². The predicted molar refractivity (Wildman–Crippen MR) is 178 cm³/mol. The molecule has 0 spiro atoms. The molecule has 1 fully saturated rings. The van der Waals surface area contributed by atoms with Gasteiger partial charge in [0.05, 0.1) is 11.6 Å². The highest BCUT2D eigenvalue weighted by Gasteiger charge is 2.31. The first-order valence-electron chi connectivity index (χ1n) is 16.1. The fourth-order valence-corrected chi connectivity index (χ4v) is 6.32. The lowest BCUT2D eigenvalue weighted by Crippen LogP contribution is -2.55. The summed E-state index contributed by atoms with van der Waals surface area (Å²) < 4.78 is 1.53. The van der Waals surface area contributed by atoms with Crippen molar-refractivity contribution in [3.05, 3.63) is 72.1 Å².